The maximum atomic E-state index is 11.5. The van der Waals surface area contributed by atoms with Crippen molar-refractivity contribution in [3.05, 3.63) is 106 Å². The minimum absolute atomic E-state index is 0.250. The fraction of sp³-hybridized carbons (Fsp3) is 0.314. The summed E-state index contributed by atoms with van der Waals surface area (Å²) in [5, 5.41) is 12.8. The summed E-state index contributed by atoms with van der Waals surface area (Å²) in [5.41, 5.74) is 6.73. The number of sulfonamides is 1. The molecule has 0 atom stereocenters. The van der Waals surface area contributed by atoms with Crippen molar-refractivity contribution in [1.82, 2.24) is 33.9 Å². The third-order valence-corrected chi connectivity index (χ3v) is 8.85. The fourth-order valence-electron chi connectivity index (χ4n) is 4.41. The van der Waals surface area contributed by atoms with E-state index in [2.05, 4.69) is 30.2 Å². The van der Waals surface area contributed by atoms with Crippen LogP contribution in [0.25, 0.3) is 11.3 Å². The maximum Gasteiger partial charge on any atom is 0.240 e. The van der Waals surface area contributed by atoms with Crippen molar-refractivity contribution in [3.8, 4) is 11.5 Å². The van der Waals surface area contributed by atoms with Gasteiger partial charge in [-0.15, -0.1) is 0 Å². The summed E-state index contributed by atoms with van der Waals surface area (Å²) in [6, 6.07) is 18.1. The molecule has 4 heterocycles. The Balaban J connectivity index is 0.000000203. The van der Waals surface area contributed by atoms with Crippen LogP contribution in [0.4, 0.5) is 5.82 Å². The van der Waals surface area contributed by atoms with Crippen molar-refractivity contribution in [3.63, 3.8) is 0 Å². The summed E-state index contributed by atoms with van der Waals surface area (Å²) in [6.07, 6.45) is 3.62. The van der Waals surface area contributed by atoms with Crippen LogP contribution in [-0.4, -0.2) is 58.4 Å². The minimum atomic E-state index is -3.34. The first-order valence-corrected chi connectivity index (χ1v) is 17.6. The lowest BCUT2D eigenvalue weighted by atomic mass is 10.2. The van der Waals surface area contributed by atoms with Gasteiger partial charge in [0.1, 0.15) is 22.5 Å². The summed E-state index contributed by atoms with van der Waals surface area (Å²) in [4.78, 5) is 8.81. The molecule has 4 aromatic heterocycles. The van der Waals surface area contributed by atoms with Crippen LogP contribution >= 0.6 is 11.6 Å². The van der Waals surface area contributed by atoms with E-state index in [0.29, 0.717) is 17.4 Å². The van der Waals surface area contributed by atoms with Crippen LogP contribution < -0.4 is 19.5 Å². The highest BCUT2D eigenvalue weighted by molar-refractivity contribution is 7.89. The van der Waals surface area contributed by atoms with Crippen molar-refractivity contribution < 1.29 is 17.9 Å². The van der Waals surface area contributed by atoms with Crippen LogP contribution in [0.15, 0.2) is 78.0 Å². The number of aryl methyl sites for hydroxylation is 4. The fourth-order valence-corrected chi connectivity index (χ4v) is 5.62. The molecule has 0 bridgehead atoms. The third kappa shape index (κ3) is 10.4. The minimum Gasteiger partial charge on any atom is -0.497 e. The number of fused-ring (bicyclic) bond motifs is 2. The smallest absolute Gasteiger partial charge is 0.240 e. The van der Waals surface area contributed by atoms with E-state index in [0.717, 1.165) is 51.9 Å². The van der Waals surface area contributed by atoms with Gasteiger partial charge in [0.15, 0.2) is 11.3 Å². The number of halogens is 1. The average molecular weight is 709 g/mol. The van der Waals surface area contributed by atoms with E-state index in [9.17, 15) is 8.42 Å². The lowest BCUT2D eigenvalue weighted by Crippen LogP contribution is -2.22. The molecule has 0 saturated carbocycles. The Morgan fingerprint density at radius 2 is 1.24 bits per heavy atom. The average Bonchev–Trinajstić information content (AvgIpc) is 3.69. The number of rotatable bonds is 8. The molecule has 0 aliphatic carbocycles. The van der Waals surface area contributed by atoms with E-state index in [1.807, 2.05) is 88.7 Å². The van der Waals surface area contributed by atoms with Crippen LogP contribution in [0.2, 0.25) is 5.15 Å². The summed E-state index contributed by atoms with van der Waals surface area (Å²) in [6.45, 7) is 14.7. The lowest BCUT2D eigenvalue weighted by molar-refractivity contribution is 0.414. The van der Waals surface area contributed by atoms with E-state index in [4.69, 9.17) is 21.1 Å². The Morgan fingerprint density at radius 1 is 0.755 bits per heavy atom. The highest BCUT2D eigenvalue weighted by atomic mass is 35.5. The van der Waals surface area contributed by atoms with Crippen LogP contribution in [0, 0.1) is 27.7 Å². The van der Waals surface area contributed by atoms with Gasteiger partial charge in [-0.05, 0) is 69.7 Å². The highest BCUT2D eigenvalue weighted by Crippen LogP contribution is 2.19. The number of anilines is 1. The first kappa shape index (κ1) is 38.7. The summed E-state index contributed by atoms with van der Waals surface area (Å²) < 4.78 is 39.0. The van der Waals surface area contributed by atoms with E-state index in [-0.39, 0.29) is 4.90 Å². The molecule has 0 unspecified atom stereocenters. The van der Waals surface area contributed by atoms with Gasteiger partial charge in [-0.25, -0.2) is 27.6 Å². The predicted molar refractivity (Wildman–Crippen MR) is 195 cm³/mol. The summed E-state index contributed by atoms with van der Waals surface area (Å²) in [5.74, 6) is 2.48. The molecule has 12 nitrogen and oxygen atoms in total. The molecule has 0 radical (unpaired) electrons. The zero-order chi connectivity index (χ0) is 36.1. The molecule has 0 aliphatic heterocycles. The Morgan fingerprint density at radius 3 is 1.78 bits per heavy atom. The third-order valence-electron chi connectivity index (χ3n) is 6.83. The molecule has 0 spiro atoms. The van der Waals surface area contributed by atoms with Gasteiger partial charge in [-0.2, -0.15) is 14.7 Å². The number of hydrogen-bond donors (Lipinski definition) is 2. The van der Waals surface area contributed by atoms with Crippen LogP contribution in [0.3, 0.4) is 0 Å². The molecule has 6 aromatic rings. The van der Waals surface area contributed by atoms with Gasteiger partial charge in [0.2, 0.25) is 10.0 Å². The van der Waals surface area contributed by atoms with Crippen LogP contribution in [-0.2, 0) is 16.6 Å². The second-order valence-corrected chi connectivity index (χ2v) is 12.6. The first-order chi connectivity index (χ1) is 23.4. The number of methoxy groups -OCH3 is 2. The monoisotopic (exact) mass is 708 g/mol. The van der Waals surface area contributed by atoms with Crippen molar-refractivity contribution in [1.29, 1.82) is 0 Å². The van der Waals surface area contributed by atoms with Gasteiger partial charge < -0.3 is 14.8 Å². The molecule has 0 amide bonds. The highest BCUT2D eigenvalue weighted by Gasteiger charge is 2.12. The largest absolute Gasteiger partial charge is 0.497 e. The predicted octanol–water partition coefficient (Wildman–Crippen LogP) is 6.99. The number of hydrogen-bond acceptors (Lipinski definition) is 9. The van der Waals surface area contributed by atoms with Gasteiger partial charge in [0.05, 0.1) is 30.5 Å². The Hall–Kier alpha value is -4.72. The quantitative estimate of drug-likeness (QED) is 0.160. The second-order valence-electron chi connectivity index (χ2n) is 10.5. The summed E-state index contributed by atoms with van der Waals surface area (Å²) in [7, 11) is -0.134. The number of nitrogens with zero attached hydrogens (tertiary/aromatic N) is 6. The first-order valence-electron chi connectivity index (χ1n) is 15.8. The zero-order valence-corrected chi connectivity index (χ0v) is 31.0. The number of ether oxygens (including phenoxy) is 2. The van der Waals surface area contributed by atoms with Gasteiger partial charge in [-0.3, -0.25) is 0 Å². The molecule has 2 N–H and O–H groups in total. The van der Waals surface area contributed by atoms with Gasteiger partial charge in [0.25, 0.3) is 0 Å². The number of nitrogens with one attached hydrogen (secondary N) is 2. The number of benzene rings is 2. The molecule has 0 aliphatic rings. The van der Waals surface area contributed by atoms with Crippen LogP contribution in [0.1, 0.15) is 48.8 Å². The summed E-state index contributed by atoms with van der Waals surface area (Å²) >= 11 is 6.00. The topological polar surface area (TPSA) is 137 Å². The normalized spacial score (nSPS) is 10.7. The Bertz CT molecular complexity index is 2050. The molecule has 6 rings (SSSR count). The molecule has 14 heteroatoms. The van der Waals surface area contributed by atoms with Crippen molar-refractivity contribution in [2.24, 2.45) is 0 Å². The van der Waals surface area contributed by atoms with E-state index in [1.54, 1.807) is 36.9 Å². The van der Waals surface area contributed by atoms with E-state index < -0.39 is 10.0 Å². The maximum absolute atomic E-state index is 11.5. The van der Waals surface area contributed by atoms with E-state index >= 15 is 0 Å². The lowest BCUT2D eigenvalue weighted by Gasteiger charge is -2.11. The molecule has 2 aromatic carbocycles. The van der Waals surface area contributed by atoms with Crippen molar-refractivity contribution in [2.75, 3.05) is 26.1 Å². The SMILES string of the molecule is CC.CCNS(=O)(=O)c1ccc(OC)cc1.COc1ccc(CNc2c(C)cnc3cc(C)nn23)cc1.Cc1cc2ncc(C)c(Cl)n2n1. The molecular weight excluding hydrogens is 664 g/mol. The van der Waals surface area contributed by atoms with Gasteiger partial charge in [0, 0.05) is 48.7 Å². The number of aromatic nitrogens is 6. The molecule has 262 valence electrons. The van der Waals surface area contributed by atoms with Gasteiger partial charge >= 0.3 is 0 Å². The Labute approximate surface area is 293 Å². The van der Waals surface area contributed by atoms with Gasteiger partial charge in [-0.1, -0.05) is 44.5 Å². The van der Waals surface area contributed by atoms with Crippen molar-refractivity contribution in [2.45, 2.75) is 59.9 Å². The van der Waals surface area contributed by atoms with Crippen molar-refractivity contribution >= 4 is 38.7 Å². The molecule has 0 fully saturated rings. The van der Waals surface area contributed by atoms with Crippen LogP contribution in [0.5, 0.6) is 11.5 Å². The Kier molecular flexibility index (Phi) is 14.3. The molecule has 0 saturated heterocycles. The van der Waals surface area contributed by atoms with E-state index in [1.165, 1.54) is 24.8 Å². The molecular formula is C35H45ClN8O4S. The standard InChI is InChI=1S/C16H18N4O.C9H13NO3S.C8H8ClN3.C2H6/c1-11-9-17-15-8-12(2)19-20(15)16(11)18-10-13-4-6-14(21-3)7-5-13;1-3-10-14(11,12)9-6-4-8(13-2)5-7-9;1-5-4-10-7-3-6(2)11-12(7)8(5)9;1-2/h4-9,18H,10H2,1-3H3;4-7,10H,3H2,1-2H3;3-4H,1-2H3;1-2H3. The zero-order valence-electron chi connectivity index (χ0n) is 29.4. The second kappa shape index (κ2) is 18.2. The molecule has 49 heavy (non-hydrogen) atoms.